The van der Waals surface area contributed by atoms with E-state index in [1.807, 2.05) is 26.0 Å². The highest BCUT2D eigenvalue weighted by atomic mass is 19.1. The zero-order valence-corrected chi connectivity index (χ0v) is 14.5. The zero-order chi connectivity index (χ0) is 17.8. The van der Waals surface area contributed by atoms with Crippen LogP contribution in [0, 0.1) is 5.82 Å². The van der Waals surface area contributed by atoms with Gasteiger partial charge in [-0.15, -0.1) is 0 Å². The molecule has 5 heteroatoms. The number of nitrogens with one attached hydrogen (secondary N) is 1. The van der Waals surface area contributed by atoms with E-state index < -0.39 is 0 Å². The van der Waals surface area contributed by atoms with E-state index in [0.29, 0.717) is 30.9 Å². The molecule has 1 aliphatic rings. The highest BCUT2D eigenvalue weighted by molar-refractivity contribution is 5.92. The van der Waals surface area contributed by atoms with Gasteiger partial charge in [-0.05, 0) is 44.0 Å². The van der Waals surface area contributed by atoms with Crippen molar-refractivity contribution in [2.75, 3.05) is 11.9 Å². The Balaban J connectivity index is 1.67. The molecule has 4 nitrogen and oxygen atoms in total. The summed E-state index contributed by atoms with van der Waals surface area (Å²) in [6.07, 6.45) is 1.84. The SMILES string of the molecule is CCOc1cc2c(cc1NC(=O)CCc1ccc(F)cc1)OC(C)C2. The Bertz CT molecular complexity index is 758. The van der Waals surface area contributed by atoms with Crippen molar-refractivity contribution < 1.29 is 18.7 Å². The first-order chi connectivity index (χ1) is 12.0. The van der Waals surface area contributed by atoms with Gasteiger partial charge in [-0.3, -0.25) is 4.79 Å². The lowest BCUT2D eigenvalue weighted by Gasteiger charge is -2.13. The molecule has 0 fully saturated rings. The van der Waals surface area contributed by atoms with Crippen molar-refractivity contribution in [3.8, 4) is 11.5 Å². The van der Waals surface area contributed by atoms with Gasteiger partial charge in [-0.25, -0.2) is 4.39 Å². The monoisotopic (exact) mass is 343 g/mol. The lowest BCUT2D eigenvalue weighted by atomic mass is 10.1. The van der Waals surface area contributed by atoms with E-state index in [1.165, 1.54) is 12.1 Å². The smallest absolute Gasteiger partial charge is 0.224 e. The summed E-state index contributed by atoms with van der Waals surface area (Å²) < 4.78 is 24.3. The van der Waals surface area contributed by atoms with Crippen LogP contribution in [-0.4, -0.2) is 18.6 Å². The molecule has 3 rings (SSSR count). The van der Waals surface area contributed by atoms with Crippen molar-refractivity contribution in [1.29, 1.82) is 0 Å². The first-order valence-corrected chi connectivity index (χ1v) is 8.56. The molecule has 0 aliphatic carbocycles. The summed E-state index contributed by atoms with van der Waals surface area (Å²) in [5.74, 6) is 1.07. The van der Waals surface area contributed by atoms with Gasteiger partial charge >= 0.3 is 0 Å². The van der Waals surface area contributed by atoms with Crippen molar-refractivity contribution in [3.05, 3.63) is 53.3 Å². The third-order valence-corrected chi connectivity index (χ3v) is 4.13. The van der Waals surface area contributed by atoms with Crippen LogP contribution in [0.25, 0.3) is 0 Å². The van der Waals surface area contributed by atoms with E-state index in [2.05, 4.69) is 5.32 Å². The molecular weight excluding hydrogens is 321 g/mol. The number of carbonyl (C=O) groups is 1. The van der Waals surface area contributed by atoms with Crippen LogP contribution in [-0.2, 0) is 17.6 Å². The van der Waals surface area contributed by atoms with Crippen LogP contribution in [0.5, 0.6) is 11.5 Å². The number of carbonyl (C=O) groups excluding carboxylic acids is 1. The van der Waals surface area contributed by atoms with Gasteiger partial charge in [-0.2, -0.15) is 0 Å². The van der Waals surface area contributed by atoms with Gasteiger partial charge in [0.2, 0.25) is 5.91 Å². The molecule has 2 aromatic rings. The Morgan fingerprint density at radius 1 is 1.32 bits per heavy atom. The van der Waals surface area contributed by atoms with E-state index in [1.54, 1.807) is 12.1 Å². The topological polar surface area (TPSA) is 47.6 Å². The highest BCUT2D eigenvalue weighted by Gasteiger charge is 2.22. The quantitative estimate of drug-likeness (QED) is 0.858. The molecule has 1 amide bonds. The maximum atomic E-state index is 12.9. The largest absolute Gasteiger partial charge is 0.492 e. The normalized spacial score (nSPS) is 15.4. The number of hydrogen-bond acceptors (Lipinski definition) is 3. The molecular formula is C20H22FNO3. The van der Waals surface area contributed by atoms with Gasteiger partial charge in [0, 0.05) is 24.5 Å². The molecule has 0 aromatic heterocycles. The molecule has 132 valence electrons. The molecule has 0 spiro atoms. The Kier molecular flexibility index (Phi) is 5.22. The van der Waals surface area contributed by atoms with Crippen molar-refractivity contribution in [1.82, 2.24) is 0 Å². The number of ether oxygens (including phenoxy) is 2. The Morgan fingerprint density at radius 3 is 2.80 bits per heavy atom. The van der Waals surface area contributed by atoms with Crippen LogP contribution >= 0.6 is 0 Å². The third kappa shape index (κ3) is 4.29. The van der Waals surface area contributed by atoms with Crippen LogP contribution in [0.1, 0.15) is 31.4 Å². The van der Waals surface area contributed by atoms with Gasteiger partial charge < -0.3 is 14.8 Å². The fourth-order valence-corrected chi connectivity index (χ4v) is 2.93. The Labute approximate surface area is 147 Å². The van der Waals surface area contributed by atoms with Gasteiger partial charge in [0.25, 0.3) is 0 Å². The minimum atomic E-state index is -0.276. The van der Waals surface area contributed by atoms with Crippen LogP contribution < -0.4 is 14.8 Å². The molecule has 1 unspecified atom stereocenters. The molecule has 1 N–H and O–H groups in total. The van der Waals surface area contributed by atoms with Gasteiger partial charge in [0.05, 0.1) is 12.3 Å². The third-order valence-electron chi connectivity index (χ3n) is 4.13. The second-order valence-electron chi connectivity index (χ2n) is 6.20. The molecule has 1 atom stereocenters. The molecule has 0 saturated heterocycles. The van der Waals surface area contributed by atoms with Crippen molar-refractivity contribution in [2.24, 2.45) is 0 Å². The van der Waals surface area contributed by atoms with E-state index in [4.69, 9.17) is 9.47 Å². The van der Waals surface area contributed by atoms with E-state index in [0.717, 1.165) is 23.3 Å². The maximum Gasteiger partial charge on any atom is 0.224 e. The summed E-state index contributed by atoms with van der Waals surface area (Å²) in [7, 11) is 0. The average Bonchev–Trinajstić information content (AvgIpc) is 2.94. The van der Waals surface area contributed by atoms with E-state index in [-0.39, 0.29) is 17.8 Å². The van der Waals surface area contributed by atoms with E-state index >= 15 is 0 Å². The predicted molar refractivity (Wildman–Crippen MR) is 94.8 cm³/mol. The summed E-state index contributed by atoms with van der Waals surface area (Å²) in [5.41, 5.74) is 2.65. The number of amides is 1. The minimum Gasteiger partial charge on any atom is -0.492 e. The molecule has 1 heterocycles. The molecule has 0 saturated carbocycles. The molecule has 2 aromatic carbocycles. The Morgan fingerprint density at radius 2 is 2.08 bits per heavy atom. The number of aryl methyl sites for hydroxylation is 1. The van der Waals surface area contributed by atoms with Crippen molar-refractivity contribution >= 4 is 11.6 Å². The lowest BCUT2D eigenvalue weighted by Crippen LogP contribution is -2.13. The highest BCUT2D eigenvalue weighted by Crippen LogP contribution is 2.38. The van der Waals surface area contributed by atoms with Gasteiger partial charge in [0.1, 0.15) is 23.4 Å². The summed E-state index contributed by atoms with van der Waals surface area (Å²) in [6.45, 7) is 4.45. The lowest BCUT2D eigenvalue weighted by molar-refractivity contribution is -0.116. The second kappa shape index (κ2) is 7.55. The maximum absolute atomic E-state index is 12.9. The van der Waals surface area contributed by atoms with Crippen molar-refractivity contribution in [3.63, 3.8) is 0 Å². The fraction of sp³-hybridized carbons (Fsp3) is 0.350. The molecule has 25 heavy (non-hydrogen) atoms. The van der Waals surface area contributed by atoms with Crippen molar-refractivity contribution in [2.45, 2.75) is 39.2 Å². The fourth-order valence-electron chi connectivity index (χ4n) is 2.93. The number of rotatable bonds is 6. The van der Waals surface area contributed by atoms with Gasteiger partial charge in [0.15, 0.2) is 0 Å². The zero-order valence-electron chi connectivity index (χ0n) is 14.5. The average molecular weight is 343 g/mol. The molecule has 0 radical (unpaired) electrons. The summed E-state index contributed by atoms with van der Waals surface area (Å²) >= 11 is 0. The summed E-state index contributed by atoms with van der Waals surface area (Å²) in [4.78, 5) is 12.3. The van der Waals surface area contributed by atoms with Crippen LogP contribution in [0.15, 0.2) is 36.4 Å². The number of halogens is 1. The predicted octanol–water partition coefficient (Wildman–Crippen LogP) is 4.12. The van der Waals surface area contributed by atoms with Crippen LogP contribution in [0.2, 0.25) is 0 Å². The van der Waals surface area contributed by atoms with Crippen LogP contribution in [0.4, 0.5) is 10.1 Å². The summed E-state index contributed by atoms with van der Waals surface area (Å²) in [6, 6.07) is 9.97. The number of benzene rings is 2. The van der Waals surface area contributed by atoms with Crippen LogP contribution in [0.3, 0.4) is 0 Å². The number of fused-ring (bicyclic) bond motifs is 1. The van der Waals surface area contributed by atoms with Gasteiger partial charge in [-0.1, -0.05) is 12.1 Å². The summed E-state index contributed by atoms with van der Waals surface area (Å²) in [5, 5.41) is 2.90. The minimum absolute atomic E-state index is 0.115. The number of anilines is 1. The Hall–Kier alpha value is -2.56. The standard InChI is InChI=1S/C20H22FNO3/c1-3-24-19-11-15-10-13(2)25-18(15)12-17(19)22-20(23)9-6-14-4-7-16(21)8-5-14/h4-5,7-8,11-13H,3,6,9-10H2,1-2H3,(H,22,23). The first-order valence-electron chi connectivity index (χ1n) is 8.56. The van der Waals surface area contributed by atoms with E-state index in [9.17, 15) is 9.18 Å². The molecule has 1 aliphatic heterocycles. The first kappa shape index (κ1) is 17.3. The number of hydrogen-bond donors (Lipinski definition) is 1. The molecule has 0 bridgehead atoms. The second-order valence-corrected chi connectivity index (χ2v) is 6.20.